The van der Waals surface area contributed by atoms with Gasteiger partial charge in [-0.05, 0) is 35.7 Å². The molecular weight excluding hydrogens is 421 g/mol. The van der Waals surface area contributed by atoms with Crippen molar-refractivity contribution in [1.29, 1.82) is 0 Å². The average molecular weight is 445 g/mol. The highest BCUT2D eigenvalue weighted by Gasteiger charge is 2.29. The maximum Gasteiger partial charge on any atom is 0.332 e. The summed E-state index contributed by atoms with van der Waals surface area (Å²) in [5, 5.41) is 0. The number of rotatable bonds is 4. The van der Waals surface area contributed by atoms with Crippen molar-refractivity contribution in [3.63, 3.8) is 0 Å². The lowest BCUT2D eigenvalue weighted by atomic mass is 10.1. The van der Waals surface area contributed by atoms with Crippen LogP contribution in [0.1, 0.15) is 12.5 Å². The predicted molar refractivity (Wildman–Crippen MR) is 127 cm³/mol. The summed E-state index contributed by atoms with van der Waals surface area (Å²) in [5.74, 6) is 0.494. The van der Waals surface area contributed by atoms with Gasteiger partial charge >= 0.3 is 5.69 Å². The van der Waals surface area contributed by atoms with Crippen molar-refractivity contribution in [1.82, 2.24) is 18.7 Å². The fourth-order valence-corrected chi connectivity index (χ4v) is 4.36. The van der Waals surface area contributed by atoms with E-state index in [1.807, 2.05) is 52.0 Å². The summed E-state index contributed by atoms with van der Waals surface area (Å²) in [6.07, 6.45) is 3.70. The van der Waals surface area contributed by atoms with Crippen LogP contribution < -0.4 is 16.1 Å². The van der Waals surface area contributed by atoms with Crippen molar-refractivity contribution in [2.45, 2.75) is 20.0 Å². The van der Waals surface area contributed by atoms with E-state index >= 15 is 0 Å². The monoisotopic (exact) mass is 445 g/mol. The van der Waals surface area contributed by atoms with Crippen LogP contribution in [0.4, 0.5) is 16.0 Å². The van der Waals surface area contributed by atoms with E-state index in [1.165, 1.54) is 21.3 Å². The number of nitrogens with zero attached hydrogens (tertiary/aromatic N) is 5. The van der Waals surface area contributed by atoms with Gasteiger partial charge in [-0.2, -0.15) is 4.98 Å². The molecule has 1 aliphatic heterocycles. The summed E-state index contributed by atoms with van der Waals surface area (Å²) >= 11 is 0. The number of hydrogen-bond acceptors (Lipinski definition) is 4. The lowest BCUT2D eigenvalue weighted by Crippen LogP contribution is -2.40. The Balaban J connectivity index is 1.63. The molecule has 0 spiro atoms. The van der Waals surface area contributed by atoms with E-state index in [0.29, 0.717) is 30.2 Å². The molecule has 2 aromatic heterocycles. The first-order valence-corrected chi connectivity index (χ1v) is 10.9. The second-order valence-electron chi connectivity index (χ2n) is 8.46. The fraction of sp³-hybridized carbons (Fsp3) is 0.240. The van der Waals surface area contributed by atoms with Crippen LogP contribution in [0.25, 0.3) is 17.2 Å². The van der Waals surface area contributed by atoms with E-state index in [9.17, 15) is 14.0 Å². The molecule has 1 unspecified atom stereocenters. The zero-order valence-corrected chi connectivity index (χ0v) is 18.5. The second kappa shape index (κ2) is 8.20. The minimum absolute atomic E-state index is 0.161. The smallest absolute Gasteiger partial charge is 0.312 e. The zero-order valence-electron chi connectivity index (χ0n) is 18.5. The molecule has 7 nitrogen and oxygen atoms in total. The SMILES string of the molecule is CC1CN(c2ccc(F)cc2)c2nc3c(c(=O)n(CC=Cc4ccccc4)c(=O)n3C)n2C1. The maximum atomic E-state index is 13.5. The zero-order chi connectivity index (χ0) is 23.1. The number of aryl methyl sites for hydroxylation is 1. The third-order valence-corrected chi connectivity index (χ3v) is 5.98. The quantitative estimate of drug-likeness (QED) is 0.482. The standard InChI is InChI=1S/C25H24FN5O2/c1-17-15-30(20-12-10-19(26)11-13-20)24-27-22-21(31(24)16-17)23(32)29(25(33)28(22)2)14-6-9-18-7-4-3-5-8-18/h3-13,17H,14-16H2,1-2H3. The van der Waals surface area contributed by atoms with Crippen LogP contribution in [0.5, 0.6) is 0 Å². The lowest BCUT2D eigenvalue weighted by molar-refractivity contribution is 0.458. The molecule has 0 N–H and O–H groups in total. The molecule has 0 radical (unpaired) electrons. The van der Waals surface area contributed by atoms with Crippen molar-refractivity contribution < 1.29 is 4.39 Å². The van der Waals surface area contributed by atoms with Crippen LogP contribution in [-0.4, -0.2) is 25.2 Å². The molecule has 5 rings (SSSR count). The Hall–Kier alpha value is -3.94. The topological polar surface area (TPSA) is 65.1 Å². The van der Waals surface area contributed by atoms with Gasteiger partial charge in [0.1, 0.15) is 5.82 Å². The molecule has 0 fully saturated rings. The van der Waals surface area contributed by atoms with Crippen LogP contribution >= 0.6 is 0 Å². The summed E-state index contributed by atoms with van der Waals surface area (Å²) in [4.78, 5) is 33.1. The molecule has 1 atom stereocenters. The predicted octanol–water partition coefficient (Wildman–Crippen LogP) is 3.54. The summed E-state index contributed by atoms with van der Waals surface area (Å²) in [6.45, 7) is 3.54. The Bertz CT molecular complexity index is 1470. The molecule has 0 saturated carbocycles. The highest BCUT2D eigenvalue weighted by atomic mass is 19.1. The first-order valence-electron chi connectivity index (χ1n) is 10.9. The number of halogens is 1. The first-order chi connectivity index (χ1) is 15.9. The van der Waals surface area contributed by atoms with Crippen LogP contribution in [0, 0.1) is 11.7 Å². The molecular formula is C25H24FN5O2. The number of anilines is 2. The van der Waals surface area contributed by atoms with Crippen molar-refractivity contribution >= 4 is 28.9 Å². The van der Waals surface area contributed by atoms with E-state index in [4.69, 9.17) is 0 Å². The molecule has 4 aromatic rings. The van der Waals surface area contributed by atoms with E-state index in [2.05, 4.69) is 11.9 Å². The molecule has 2 aromatic carbocycles. The molecule has 0 aliphatic carbocycles. The number of imidazole rings is 1. The number of aromatic nitrogens is 4. The van der Waals surface area contributed by atoms with Gasteiger partial charge in [0, 0.05) is 32.4 Å². The van der Waals surface area contributed by atoms with Gasteiger partial charge in [-0.15, -0.1) is 0 Å². The molecule has 0 bridgehead atoms. The number of benzene rings is 2. The van der Waals surface area contributed by atoms with Gasteiger partial charge in [0.25, 0.3) is 5.56 Å². The Labute approximate surface area is 189 Å². The van der Waals surface area contributed by atoms with Gasteiger partial charge in [-0.3, -0.25) is 13.9 Å². The summed E-state index contributed by atoms with van der Waals surface area (Å²) in [6, 6.07) is 15.9. The largest absolute Gasteiger partial charge is 0.332 e. The molecule has 8 heteroatoms. The number of fused-ring (bicyclic) bond motifs is 3. The van der Waals surface area contributed by atoms with Gasteiger partial charge in [0.05, 0.1) is 0 Å². The minimum atomic E-state index is -0.415. The van der Waals surface area contributed by atoms with E-state index < -0.39 is 5.69 Å². The molecule has 33 heavy (non-hydrogen) atoms. The molecule has 3 heterocycles. The van der Waals surface area contributed by atoms with E-state index in [1.54, 1.807) is 19.2 Å². The third kappa shape index (κ3) is 3.67. The lowest BCUT2D eigenvalue weighted by Gasteiger charge is -2.32. The summed E-state index contributed by atoms with van der Waals surface area (Å²) in [7, 11) is 1.63. The highest BCUT2D eigenvalue weighted by molar-refractivity contribution is 5.77. The van der Waals surface area contributed by atoms with Crippen molar-refractivity contribution in [2.75, 3.05) is 11.4 Å². The third-order valence-electron chi connectivity index (χ3n) is 5.98. The minimum Gasteiger partial charge on any atom is -0.312 e. The van der Waals surface area contributed by atoms with Gasteiger partial charge in [0.2, 0.25) is 5.95 Å². The Morgan fingerprint density at radius 3 is 2.52 bits per heavy atom. The van der Waals surface area contributed by atoms with Gasteiger partial charge in [-0.1, -0.05) is 49.4 Å². The van der Waals surface area contributed by atoms with Crippen molar-refractivity contribution in [3.8, 4) is 0 Å². The van der Waals surface area contributed by atoms with E-state index in [-0.39, 0.29) is 23.8 Å². The Morgan fingerprint density at radius 2 is 1.79 bits per heavy atom. The number of allylic oxidation sites excluding steroid dienone is 1. The molecule has 0 amide bonds. The average Bonchev–Trinajstić information content (AvgIpc) is 3.20. The Morgan fingerprint density at radius 1 is 1.06 bits per heavy atom. The first kappa shape index (κ1) is 20.9. The second-order valence-corrected chi connectivity index (χ2v) is 8.46. The van der Waals surface area contributed by atoms with Crippen molar-refractivity contribution in [3.05, 3.63) is 92.9 Å². The van der Waals surface area contributed by atoms with Gasteiger partial charge in [-0.25, -0.2) is 9.18 Å². The van der Waals surface area contributed by atoms with Crippen LogP contribution in [0.2, 0.25) is 0 Å². The van der Waals surface area contributed by atoms with Crippen molar-refractivity contribution in [2.24, 2.45) is 13.0 Å². The Kier molecular flexibility index (Phi) is 5.20. The summed E-state index contributed by atoms with van der Waals surface area (Å²) < 4.78 is 18.0. The van der Waals surface area contributed by atoms with E-state index in [0.717, 1.165) is 11.3 Å². The van der Waals surface area contributed by atoms with Gasteiger partial charge < -0.3 is 9.47 Å². The maximum absolute atomic E-state index is 13.5. The summed E-state index contributed by atoms with van der Waals surface area (Å²) in [5.41, 5.74) is 1.76. The highest BCUT2D eigenvalue weighted by Crippen LogP contribution is 2.32. The molecule has 1 aliphatic rings. The number of hydrogen-bond donors (Lipinski definition) is 0. The fourth-order valence-electron chi connectivity index (χ4n) is 4.36. The molecule has 0 saturated heterocycles. The van der Waals surface area contributed by atoms with Crippen LogP contribution in [0.3, 0.4) is 0 Å². The van der Waals surface area contributed by atoms with Crippen LogP contribution in [0.15, 0.2) is 70.3 Å². The molecule has 168 valence electrons. The van der Waals surface area contributed by atoms with Crippen LogP contribution in [-0.2, 0) is 20.1 Å². The normalized spacial score (nSPS) is 16.0. The van der Waals surface area contributed by atoms with Gasteiger partial charge in [0.15, 0.2) is 11.2 Å².